The molecule has 684 valence electrons. The maximum absolute atomic E-state index is 14.0. The first-order chi connectivity index (χ1) is 50.8. The zero-order valence-corrected chi connectivity index (χ0v) is 114. The Labute approximate surface area is 1100 Å². The molecule has 104 heteroatoms. The predicted molar refractivity (Wildman–Crippen MR) is 295 cm³/mol. The van der Waals surface area contributed by atoms with Gasteiger partial charge in [-0.3, -0.25) is 76.5 Å². The fourth-order valence-corrected chi connectivity index (χ4v) is 15.3. The van der Waals surface area contributed by atoms with Crippen LogP contribution in [-0.4, -0.2) is 369 Å². The summed E-state index contributed by atoms with van der Waals surface area (Å²) in [4.78, 5) is 28.1. The molecule has 2 N–H and O–H groups in total. The molecule has 2 fully saturated rings. The van der Waals surface area contributed by atoms with Crippen LogP contribution in [0.3, 0.4) is 0 Å². The van der Waals surface area contributed by atoms with E-state index in [1.54, 1.807) is 0 Å². The van der Waals surface area contributed by atoms with Gasteiger partial charge in [-0.2, -0.15) is 0 Å². The van der Waals surface area contributed by atoms with Gasteiger partial charge < -0.3 is 102 Å². The smallest absolute Gasteiger partial charge is 0.726 e. The third kappa shape index (κ3) is 82.8. The van der Waals surface area contributed by atoms with E-state index in [0.717, 1.165) is 10.6 Å². The van der Waals surface area contributed by atoms with E-state index in [9.17, 15) is 217 Å². The fourth-order valence-electron chi connectivity index (χ4n) is 8.33. The molecule has 0 spiro atoms. The van der Waals surface area contributed by atoms with Crippen molar-refractivity contribution in [2.45, 2.75) is 117 Å². The normalized spacial score (nSPS) is 21.3. The van der Waals surface area contributed by atoms with Gasteiger partial charge in [0.25, 0.3) is 11.8 Å². The minimum absolute atomic E-state index is 0. The molecule has 131 heavy (non-hydrogen) atoms. The summed E-state index contributed by atoms with van der Waals surface area (Å²) in [5, 5.41) is 2.29. The summed E-state index contributed by atoms with van der Waals surface area (Å²) in [5.41, 5.74) is 0. The van der Waals surface area contributed by atoms with E-state index in [4.69, 9.17) is 18.9 Å². The van der Waals surface area contributed by atoms with Crippen LogP contribution in [0.5, 0.6) is 0 Å². The van der Waals surface area contributed by atoms with Crippen LogP contribution in [0.2, 0.25) is 0 Å². The van der Waals surface area contributed by atoms with E-state index >= 15 is 0 Å². The van der Waals surface area contributed by atoms with Gasteiger partial charge in [0.1, 0.15) is 73.2 Å². The zero-order valence-electron chi connectivity index (χ0n) is 68.5. The Morgan fingerprint density at radius 3 is 0.634 bits per heavy atom. The topological polar surface area (TPSA) is 1160 Å². The first-order valence-electron chi connectivity index (χ1n) is 26.0. The van der Waals surface area contributed by atoms with Gasteiger partial charge in [0.15, 0.2) is 37.0 Å². The van der Waals surface area contributed by atoms with Crippen molar-refractivity contribution < 1.29 is 776 Å². The van der Waals surface area contributed by atoms with Gasteiger partial charge >= 0.3 is 473 Å². The van der Waals surface area contributed by atoms with Crippen LogP contribution in [-0.2, 0) is 262 Å². The molecule has 0 bridgehead atoms. The van der Waals surface area contributed by atoms with E-state index in [1.165, 1.54) is 0 Å². The van der Waals surface area contributed by atoms with E-state index in [1.807, 2.05) is 0 Å². The van der Waals surface area contributed by atoms with Crippen molar-refractivity contribution in [2.24, 2.45) is 0 Å². The van der Waals surface area contributed by atoms with Gasteiger partial charge in [-0.1, -0.05) is 0 Å². The van der Waals surface area contributed by atoms with E-state index in [2.05, 4.69) is 66.9 Å². The largest absolute Gasteiger partial charge is 1.00 e. The fraction of sp³-hybridized carbons (Fsp3) is 0.926. The van der Waals surface area contributed by atoms with E-state index in [0.29, 0.717) is 0 Å². The molecule has 0 radical (unpaired) electrons. The summed E-state index contributed by atoms with van der Waals surface area (Å²) in [5.74, 6) is -5.90. The number of hydrogen-bond donors (Lipinski definition) is 2. The van der Waals surface area contributed by atoms with Gasteiger partial charge in [0, 0.05) is 13.1 Å². The van der Waals surface area contributed by atoms with Gasteiger partial charge in [0.05, 0.1) is 26.4 Å². The Hall–Kier alpha value is 12.7. The molecule has 0 saturated carbocycles. The minimum atomic E-state index is -7.32. The molecule has 0 aromatic heterocycles. The van der Waals surface area contributed by atoms with Crippen LogP contribution in [0.25, 0.3) is 0 Å². The summed E-state index contributed by atoms with van der Waals surface area (Å²) in [6.07, 6.45) is -76.6. The molecule has 2 amide bonds. The summed E-state index contributed by atoms with van der Waals surface area (Å²) in [7, 11) is -111. The zero-order chi connectivity index (χ0) is 90.1. The summed E-state index contributed by atoms with van der Waals surface area (Å²) in [6.45, 7) is -14.5. The molecule has 0 aromatic carbocycles. The molecular weight excluding hydrogens is 2350 g/mol. The standard InChI is InChI=1S/C27H50N2O70S16.16Na/c30-24(20(96-112(68,69)70)16(92-108(56,57)58)12(10(88-104(44,45)46)6-82-102(38,39)40)86-26-22(98-114(74,75)76)18(94-110(62,63)64)14(90-106(50,51)52)8(84-26)4-80-100(32,33)34)28-2-1-3-29-25(31)21(97-113(71,72)73)17(93-109(59,60)61)13(11(89-105(47,48)49)7-83-103(41,42)43)87-27-23(99-115(77,78)79)19(95-111(65,66)67)15(91-107(53,54)55)9(85-27)5-81-101(35,36)37;;;;;;;;;;;;;;;;/h8-23,26-27H,1-7H2,(H,28,30)(H,29,31)(H,32,33,34)(H,35,36,37)(H,38,39,40)(H,41,42,43)(H,44,45,46)(H,47,48,49)(H,50,51,52)(H,53,54,55)(H,56,57,58)(H,59,60,61)(H,62,63,64)(H,65,66,67)(H,68,69,70)(H,71,72,73)(H,74,75,76)(H,77,78,79);;;;;;;;;;;;;;;;/q;16*+1/p-16/t8-,9-,10-,11-,12-,13-,14+,15+,16+,17+,18+,19+,20-,21-,22-,23-,26+,27+;;;;;;;;;;;;;;;;/m1................/s1. The van der Waals surface area contributed by atoms with Crippen molar-refractivity contribution in [3.63, 3.8) is 0 Å². The second kappa shape index (κ2) is 73.3. The maximum Gasteiger partial charge on any atom is 1.00 e. The third-order valence-electron chi connectivity index (χ3n) is 11.5. The molecule has 2 aliphatic rings. The molecule has 0 aromatic rings. The van der Waals surface area contributed by atoms with Gasteiger partial charge in [-0.15, -0.1) is 0 Å². The molecule has 2 aliphatic heterocycles. The minimum Gasteiger partial charge on any atom is -0.726 e. The number of rotatable bonds is 52. The number of ether oxygens (including phenoxy) is 4. The van der Waals surface area contributed by atoms with Crippen molar-refractivity contribution in [1.29, 1.82) is 0 Å². The molecule has 2 heterocycles. The molecule has 2 saturated heterocycles. The summed E-state index contributed by atoms with van der Waals surface area (Å²) < 4.78 is 655. The van der Waals surface area contributed by atoms with Gasteiger partial charge in [-0.05, 0) is 6.42 Å². The number of carbonyl (C=O) groups is 2. The average molecular weight is 2390 g/mol. The molecule has 2 rings (SSSR count). The van der Waals surface area contributed by atoms with Crippen LogP contribution >= 0.6 is 0 Å². The number of nitrogens with one attached hydrogen (secondary N) is 2. The number of hydrogen-bond acceptors (Lipinski definition) is 70. The molecule has 0 aliphatic carbocycles. The Balaban J connectivity index is -0.000000647. The van der Waals surface area contributed by atoms with E-state index < -0.39 is 334 Å². The first-order valence-corrected chi connectivity index (χ1v) is 47.4. The van der Waals surface area contributed by atoms with Crippen LogP contribution in [0, 0.1) is 0 Å². The van der Waals surface area contributed by atoms with Crippen molar-refractivity contribution in [2.75, 3.05) is 39.5 Å². The SMILES string of the molecule is O=C(NCCCNC(=O)[C@H](OS(=O)(=O)[O-])[C@@H](OS(=O)(=O)[O-])[C@H](O[C@@H]1O[C@H](COS(=O)(=O)[O-])[C@H](OS(=O)(=O)[O-])[C@H](OS(=O)(=O)[O-])[C@H]1OS(=O)(=O)[O-])[C@@H](COS(=O)(=O)[O-])OS(=O)(=O)[O-])[C@H](OS(=O)(=O)[O-])[C@@H](OS(=O)(=O)[O-])[C@H](O[C@@H]1O[C@H](COS(=O)(=O)[O-])[C@H](OS(=O)(=O)[O-])[C@H](OS(=O)(=O)[O-])[C@H]1OS(=O)(=O)[O-])[C@@H](COS(=O)(=O)[O-])OS(=O)(=O)[O-].[Na+].[Na+].[Na+].[Na+].[Na+].[Na+].[Na+].[Na+].[Na+].[Na+].[Na+].[Na+].[Na+].[Na+].[Na+].[Na+]. The molecule has 72 nitrogen and oxygen atoms in total. The molecule has 18 atom stereocenters. The van der Waals surface area contributed by atoms with Crippen molar-refractivity contribution >= 4 is 178 Å². The first kappa shape index (κ1) is 177. The predicted octanol–water partition coefficient (Wildman–Crippen LogP) is -68.1. The quantitative estimate of drug-likeness (QED) is 0.0247. The van der Waals surface area contributed by atoms with E-state index in [-0.39, 0.29) is 473 Å². The Morgan fingerprint density at radius 2 is 0.443 bits per heavy atom. The average Bonchev–Trinajstić information content (AvgIpc) is 0.765. The molecular formula is C27H34N2Na16O70S16. The van der Waals surface area contributed by atoms with Crippen molar-refractivity contribution in [1.82, 2.24) is 10.6 Å². The number of carbonyl (C=O) groups excluding carboxylic acids is 2. The van der Waals surface area contributed by atoms with Gasteiger partial charge in [0.2, 0.25) is 166 Å². The number of amides is 2. The third-order valence-corrected chi connectivity index (χ3v) is 18.7. The van der Waals surface area contributed by atoms with Crippen LogP contribution in [0.1, 0.15) is 6.42 Å². The van der Waals surface area contributed by atoms with Crippen molar-refractivity contribution in [3.05, 3.63) is 0 Å². The molecule has 0 unspecified atom stereocenters. The second-order valence-corrected chi connectivity index (χ2v) is 36.0. The maximum atomic E-state index is 14.0. The second-order valence-electron chi connectivity index (χ2n) is 19.7. The monoisotopic (exact) mass is 2390 g/mol. The van der Waals surface area contributed by atoms with Crippen molar-refractivity contribution in [3.8, 4) is 0 Å². The van der Waals surface area contributed by atoms with Gasteiger partial charge in [-0.25, -0.2) is 135 Å². The summed E-state index contributed by atoms with van der Waals surface area (Å²) in [6, 6.07) is 0. The Bertz CT molecular complexity index is 5100. The van der Waals surface area contributed by atoms with Crippen LogP contribution < -0.4 is 484 Å². The Morgan fingerprint density at radius 1 is 0.244 bits per heavy atom. The Kier molecular flexibility index (Phi) is 98.9. The van der Waals surface area contributed by atoms with Crippen LogP contribution in [0.4, 0.5) is 0 Å². The van der Waals surface area contributed by atoms with Crippen LogP contribution in [0.15, 0.2) is 0 Å². The summed E-state index contributed by atoms with van der Waals surface area (Å²) >= 11 is 0.